The fraction of sp³-hybridized carbons (Fsp3) is 0.467. The number of carbonyl (C=O) groups is 2. The second kappa shape index (κ2) is 4.88. The zero-order valence-corrected chi connectivity index (χ0v) is 12.7. The molecule has 0 spiro atoms. The molecule has 2 bridgehead atoms. The molecule has 106 valence electrons. The molecule has 0 aromatic heterocycles. The minimum absolute atomic E-state index is 0.0175. The van der Waals surface area contributed by atoms with Crippen molar-refractivity contribution in [2.45, 2.75) is 24.7 Å². The second-order valence-corrected chi connectivity index (χ2v) is 6.75. The van der Waals surface area contributed by atoms with E-state index in [1.807, 2.05) is 12.1 Å². The second-order valence-electron chi connectivity index (χ2n) is 5.83. The van der Waals surface area contributed by atoms with Gasteiger partial charge in [0.2, 0.25) is 11.8 Å². The summed E-state index contributed by atoms with van der Waals surface area (Å²) in [5.41, 5.74) is 6.27. The van der Waals surface area contributed by atoms with E-state index in [2.05, 4.69) is 33.4 Å². The maximum Gasteiger partial charge on any atom is 0.236 e. The highest BCUT2D eigenvalue weighted by Crippen LogP contribution is 2.64. The van der Waals surface area contributed by atoms with Crippen LogP contribution in [0.4, 0.5) is 0 Å². The molecule has 0 unspecified atom stereocenters. The van der Waals surface area contributed by atoms with Crippen molar-refractivity contribution in [1.29, 1.82) is 0 Å². The molecule has 3 aliphatic carbocycles. The third kappa shape index (κ3) is 2.04. The van der Waals surface area contributed by atoms with Crippen LogP contribution in [0.25, 0.3) is 0 Å². The number of hydrogen-bond acceptors (Lipinski definition) is 2. The summed E-state index contributed by atoms with van der Waals surface area (Å²) >= 11 is 3.50. The molecular formula is C15H17BrN2O2. The van der Waals surface area contributed by atoms with Crippen LogP contribution in [0.1, 0.15) is 24.8 Å². The predicted molar refractivity (Wildman–Crippen MR) is 78.9 cm³/mol. The van der Waals surface area contributed by atoms with Crippen molar-refractivity contribution in [1.82, 2.24) is 5.32 Å². The first-order valence-electron chi connectivity index (χ1n) is 6.85. The largest absolute Gasteiger partial charge is 0.368 e. The van der Waals surface area contributed by atoms with E-state index in [0.717, 1.165) is 23.7 Å². The van der Waals surface area contributed by atoms with Crippen LogP contribution in [0.5, 0.6) is 0 Å². The molecule has 1 aromatic rings. The van der Waals surface area contributed by atoms with Gasteiger partial charge in [0.15, 0.2) is 0 Å². The number of benzene rings is 1. The first-order chi connectivity index (χ1) is 9.53. The molecule has 3 fully saturated rings. The minimum Gasteiger partial charge on any atom is -0.368 e. The van der Waals surface area contributed by atoms with Gasteiger partial charge in [0.25, 0.3) is 0 Å². The Morgan fingerprint density at radius 1 is 1.45 bits per heavy atom. The number of nitrogens with two attached hydrogens (primary N) is 1. The normalized spacial score (nSPS) is 30.6. The minimum atomic E-state index is -0.499. The van der Waals surface area contributed by atoms with Crippen LogP contribution >= 0.6 is 15.9 Å². The summed E-state index contributed by atoms with van der Waals surface area (Å²) in [6.07, 6.45) is 3.20. The summed E-state index contributed by atoms with van der Waals surface area (Å²) in [7, 11) is 0. The molecule has 3 aliphatic rings. The molecule has 4 rings (SSSR count). The number of halogens is 1. The molecule has 3 N–H and O–H groups in total. The van der Waals surface area contributed by atoms with Crippen molar-refractivity contribution < 1.29 is 9.59 Å². The summed E-state index contributed by atoms with van der Waals surface area (Å²) in [5.74, 6) is -0.0999. The van der Waals surface area contributed by atoms with Crippen LogP contribution in [-0.2, 0) is 15.0 Å². The number of primary amides is 1. The summed E-state index contributed by atoms with van der Waals surface area (Å²) in [4.78, 5) is 23.1. The fourth-order valence-corrected chi connectivity index (χ4v) is 4.36. The molecule has 4 nitrogen and oxygen atoms in total. The zero-order chi connectivity index (χ0) is 14.3. The van der Waals surface area contributed by atoms with Crippen LogP contribution in [-0.4, -0.2) is 18.4 Å². The SMILES string of the molecule is NC(=O)CNC(=O)[C@@H]1[C@@H]2CC[C@@]1(c1cccc(Br)c1)C2. The molecule has 0 heterocycles. The van der Waals surface area contributed by atoms with Gasteiger partial charge in [0.05, 0.1) is 12.5 Å². The summed E-state index contributed by atoms with van der Waals surface area (Å²) in [5, 5.41) is 2.67. The Balaban J connectivity index is 1.82. The predicted octanol–water partition coefficient (Wildman–Crippen LogP) is 1.72. The molecule has 5 heteroatoms. The maximum absolute atomic E-state index is 12.3. The van der Waals surface area contributed by atoms with Crippen LogP contribution < -0.4 is 11.1 Å². The van der Waals surface area contributed by atoms with Crippen LogP contribution in [0, 0.1) is 11.8 Å². The standard InChI is InChI=1S/C15H17BrN2O2/c16-11-3-1-2-10(6-11)15-5-4-9(7-15)13(15)14(20)18-8-12(17)19/h1-3,6,9,13H,4-5,7-8H2,(H2,17,19)(H,18,20)/t9-,13+,15+/m1/s1. The van der Waals surface area contributed by atoms with Gasteiger partial charge in [-0.15, -0.1) is 0 Å². The van der Waals surface area contributed by atoms with E-state index in [-0.39, 0.29) is 23.8 Å². The van der Waals surface area contributed by atoms with E-state index < -0.39 is 5.91 Å². The van der Waals surface area contributed by atoms with Gasteiger partial charge in [-0.3, -0.25) is 9.59 Å². The summed E-state index contributed by atoms with van der Waals surface area (Å²) in [6, 6.07) is 8.21. The Labute approximate surface area is 126 Å². The van der Waals surface area contributed by atoms with E-state index in [0.29, 0.717) is 5.92 Å². The maximum atomic E-state index is 12.3. The molecule has 0 saturated heterocycles. The molecule has 2 amide bonds. The molecule has 3 atom stereocenters. The lowest BCUT2D eigenvalue weighted by Crippen LogP contribution is -2.53. The van der Waals surface area contributed by atoms with E-state index >= 15 is 0 Å². The quantitative estimate of drug-likeness (QED) is 0.878. The monoisotopic (exact) mass is 336 g/mol. The average Bonchev–Trinajstić information content (AvgIpc) is 2.96. The van der Waals surface area contributed by atoms with Gasteiger partial charge in [0.1, 0.15) is 0 Å². The zero-order valence-electron chi connectivity index (χ0n) is 11.1. The highest BCUT2D eigenvalue weighted by atomic mass is 79.9. The van der Waals surface area contributed by atoms with Crippen molar-refractivity contribution in [3.05, 3.63) is 34.3 Å². The number of hydrogen-bond donors (Lipinski definition) is 2. The van der Waals surface area contributed by atoms with Gasteiger partial charge < -0.3 is 11.1 Å². The third-order valence-electron chi connectivity index (χ3n) is 4.77. The number of rotatable bonds is 4. The van der Waals surface area contributed by atoms with Crippen molar-refractivity contribution in [2.24, 2.45) is 17.6 Å². The topological polar surface area (TPSA) is 72.2 Å². The first-order valence-corrected chi connectivity index (χ1v) is 7.64. The molecule has 0 aliphatic heterocycles. The van der Waals surface area contributed by atoms with Gasteiger partial charge in [0, 0.05) is 9.89 Å². The summed E-state index contributed by atoms with van der Waals surface area (Å²) in [6.45, 7) is -0.0728. The van der Waals surface area contributed by atoms with Crippen molar-refractivity contribution in [2.75, 3.05) is 6.54 Å². The Hall–Kier alpha value is -1.36. The lowest BCUT2D eigenvalue weighted by molar-refractivity contribution is -0.134. The smallest absolute Gasteiger partial charge is 0.236 e. The number of carbonyl (C=O) groups excluding carboxylic acids is 2. The Morgan fingerprint density at radius 2 is 2.25 bits per heavy atom. The van der Waals surface area contributed by atoms with Gasteiger partial charge >= 0.3 is 0 Å². The van der Waals surface area contributed by atoms with Gasteiger partial charge in [-0.1, -0.05) is 28.1 Å². The van der Waals surface area contributed by atoms with Crippen LogP contribution in [0.15, 0.2) is 28.7 Å². The van der Waals surface area contributed by atoms with Gasteiger partial charge in [-0.25, -0.2) is 0 Å². The third-order valence-corrected chi connectivity index (χ3v) is 5.27. The van der Waals surface area contributed by atoms with Crippen LogP contribution in [0.3, 0.4) is 0 Å². The van der Waals surface area contributed by atoms with Crippen molar-refractivity contribution in [3.8, 4) is 0 Å². The fourth-order valence-electron chi connectivity index (χ4n) is 3.96. The van der Waals surface area contributed by atoms with E-state index in [4.69, 9.17) is 5.73 Å². The Morgan fingerprint density at radius 3 is 2.90 bits per heavy atom. The molecule has 1 aromatic carbocycles. The highest BCUT2D eigenvalue weighted by molar-refractivity contribution is 9.10. The lowest BCUT2D eigenvalue weighted by Gasteiger charge is -2.47. The van der Waals surface area contributed by atoms with Crippen LogP contribution in [0.2, 0.25) is 0 Å². The Kier molecular flexibility index (Phi) is 3.32. The van der Waals surface area contributed by atoms with E-state index in [9.17, 15) is 9.59 Å². The van der Waals surface area contributed by atoms with E-state index in [1.165, 1.54) is 5.56 Å². The first kappa shape index (κ1) is 13.6. The lowest BCUT2D eigenvalue weighted by atomic mass is 9.57. The molecule has 20 heavy (non-hydrogen) atoms. The highest BCUT2D eigenvalue weighted by Gasteiger charge is 2.62. The Bertz CT molecular complexity index is 571. The van der Waals surface area contributed by atoms with Crippen molar-refractivity contribution in [3.63, 3.8) is 0 Å². The van der Waals surface area contributed by atoms with Crippen molar-refractivity contribution >= 4 is 27.7 Å². The van der Waals surface area contributed by atoms with Gasteiger partial charge in [-0.05, 0) is 42.9 Å². The average molecular weight is 337 g/mol. The number of amides is 2. The number of nitrogens with one attached hydrogen (secondary N) is 1. The van der Waals surface area contributed by atoms with E-state index in [1.54, 1.807) is 0 Å². The summed E-state index contributed by atoms with van der Waals surface area (Å²) < 4.78 is 1.04. The number of fused-ring (bicyclic) bond motifs is 1. The molecular weight excluding hydrogens is 320 g/mol. The van der Waals surface area contributed by atoms with Gasteiger partial charge in [-0.2, -0.15) is 0 Å². The molecule has 0 radical (unpaired) electrons. The molecule has 3 saturated carbocycles.